The van der Waals surface area contributed by atoms with Crippen LogP contribution in [-0.4, -0.2) is 27.8 Å². The fourth-order valence-corrected chi connectivity index (χ4v) is 3.81. The minimum atomic E-state index is -0.985. The summed E-state index contributed by atoms with van der Waals surface area (Å²) >= 11 is 2.47. The molecule has 0 amide bonds. The highest BCUT2D eigenvalue weighted by molar-refractivity contribution is 7.99. The molecule has 0 aliphatic carbocycles. The molecule has 0 aromatic heterocycles. The third kappa shape index (κ3) is 5.55. The average molecular weight is 364 g/mol. The van der Waals surface area contributed by atoms with Crippen LogP contribution in [-0.2, 0) is 10.5 Å². The van der Waals surface area contributed by atoms with Gasteiger partial charge in [-0.25, -0.2) is 4.72 Å². The van der Waals surface area contributed by atoms with Crippen LogP contribution in [0.1, 0.15) is 5.56 Å². The van der Waals surface area contributed by atoms with E-state index in [2.05, 4.69) is 4.72 Å². The van der Waals surface area contributed by atoms with Crippen molar-refractivity contribution in [3.63, 3.8) is 0 Å². The van der Waals surface area contributed by atoms with Gasteiger partial charge in [-0.1, -0.05) is 42.5 Å². The van der Waals surface area contributed by atoms with E-state index >= 15 is 0 Å². The molecule has 0 heterocycles. The SMILES string of the molecule is O=C(O)[C@H](CSCc1ccccc1)NSc1ccccc1[N+](=O)[O-]. The second-order valence-electron chi connectivity index (χ2n) is 4.84. The molecule has 6 nitrogen and oxygen atoms in total. The van der Waals surface area contributed by atoms with Crippen LogP contribution < -0.4 is 4.72 Å². The molecule has 0 saturated carbocycles. The lowest BCUT2D eigenvalue weighted by Crippen LogP contribution is -2.34. The predicted molar refractivity (Wildman–Crippen MR) is 96.1 cm³/mol. The second-order valence-corrected chi connectivity index (χ2v) is 6.75. The number of rotatable bonds is 9. The van der Waals surface area contributed by atoms with Gasteiger partial charge in [0.2, 0.25) is 0 Å². The van der Waals surface area contributed by atoms with Crippen LogP contribution in [0.5, 0.6) is 0 Å². The Morgan fingerprint density at radius 3 is 2.50 bits per heavy atom. The van der Waals surface area contributed by atoms with Gasteiger partial charge in [-0.15, -0.1) is 0 Å². The molecule has 0 fully saturated rings. The molecule has 1 atom stereocenters. The molecule has 2 aromatic rings. The highest BCUT2D eigenvalue weighted by atomic mass is 32.2. The summed E-state index contributed by atoms with van der Waals surface area (Å²) in [6, 6.07) is 15.2. The largest absolute Gasteiger partial charge is 0.480 e. The van der Waals surface area contributed by atoms with Crippen LogP contribution in [0.4, 0.5) is 5.69 Å². The summed E-state index contributed by atoms with van der Waals surface area (Å²) in [4.78, 5) is 22.2. The van der Waals surface area contributed by atoms with Gasteiger partial charge >= 0.3 is 5.97 Å². The number of thioether (sulfide) groups is 1. The molecule has 0 bridgehead atoms. The van der Waals surface area contributed by atoms with Crippen molar-refractivity contribution >= 4 is 35.4 Å². The quantitative estimate of drug-likeness (QED) is 0.399. The van der Waals surface area contributed by atoms with Gasteiger partial charge in [0, 0.05) is 17.6 Å². The van der Waals surface area contributed by atoms with Crippen molar-refractivity contribution in [2.75, 3.05) is 5.75 Å². The number of carboxylic acid groups (broad SMARTS) is 1. The smallest absolute Gasteiger partial charge is 0.322 e. The normalized spacial score (nSPS) is 11.8. The zero-order valence-corrected chi connectivity index (χ0v) is 14.3. The van der Waals surface area contributed by atoms with E-state index in [-0.39, 0.29) is 5.69 Å². The van der Waals surface area contributed by atoms with Crippen LogP contribution >= 0.6 is 23.7 Å². The van der Waals surface area contributed by atoms with Crippen molar-refractivity contribution in [2.45, 2.75) is 16.7 Å². The van der Waals surface area contributed by atoms with Crippen molar-refractivity contribution in [1.82, 2.24) is 4.72 Å². The van der Waals surface area contributed by atoms with Crippen LogP contribution in [0.25, 0.3) is 0 Å². The molecule has 8 heteroatoms. The Balaban J connectivity index is 1.90. The fraction of sp³-hybridized carbons (Fsp3) is 0.188. The number of hydrogen-bond acceptors (Lipinski definition) is 6. The van der Waals surface area contributed by atoms with Crippen molar-refractivity contribution in [1.29, 1.82) is 0 Å². The monoisotopic (exact) mass is 364 g/mol. The van der Waals surface area contributed by atoms with Crippen molar-refractivity contribution in [3.8, 4) is 0 Å². The molecule has 0 spiro atoms. The van der Waals surface area contributed by atoms with Crippen molar-refractivity contribution in [3.05, 3.63) is 70.3 Å². The highest BCUT2D eigenvalue weighted by Crippen LogP contribution is 2.27. The Bertz CT molecular complexity index is 697. The van der Waals surface area contributed by atoms with E-state index in [1.807, 2.05) is 30.3 Å². The number of nitrogens with zero attached hydrogens (tertiary/aromatic N) is 1. The number of hydrogen-bond donors (Lipinski definition) is 2. The number of benzene rings is 2. The summed E-state index contributed by atoms with van der Waals surface area (Å²) in [6.07, 6.45) is 0. The Labute approximate surface area is 147 Å². The van der Waals surface area contributed by atoms with E-state index < -0.39 is 16.9 Å². The van der Waals surface area contributed by atoms with Crippen molar-refractivity contribution in [2.24, 2.45) is 0 Å². The Morgan fingerprint density at radius 2 is 1.83 bits per heavy atom. The molecule has 2 rings (SSSR count). The van der Waals surface area contributed by atoms with Gasteiger partial charge in [-0.2, -0.15) is 11.8 Å². The first kappa shape index (κ1) is 18.3. The summed E-state index contributed by atoms with van der Waals surface area (Å²) < 4.78 is 2.81. The first-order valence-electron chi connectivity index (χ1n) is 7.08. The molecular formula is C16H16N2O4S2. The van der Waals surface area contributed by atoms with Gasteiger partial charge in [-0.05, 0) is 23.6 Å². The van der Waals surface area contributed by atoms with Gasteiger partial charge in [0.15, 0.2) is 0 Å². The lowest BCUT2D eigenvalue weighted by Gasteiger charge is -2.13. The second kappa shape index (κ2) is 9.31. The Kier molecular flexibility index (Phi) is 7.10. The number of nitro groups is 1. The molecule has 126 valence electrons. The van der Waals surface area contributed by atoms with E-state index in [9.17, 15) is 20.0 Å². The average Bonchev–Trinajstić information content (AvgIpc) is 2.58. The zero-order valence-electron chi connectivity index (χ0n) is 12.6. The molecule has 0 radical (unpaired) electrons. The number of nitrogens with one attached hydrogen (secondary N) is 1. The molecule has 24 heavy (non-hydrogen) atoms. The van der Waals surface area contributed by atoms with E-state index in [1.54, 1.807) is 18.2 Å². The molecule has 0 aliphatic rings. The Morgan fingerprint density at radius 1 is 1.17 bits per heavy atom. The summed E-state index contributed by atoms with van der Waals surface area (Å²) in [5.74, 6) is 0.0852. The van der Waals surface area contributed by atoms with Gasteiger partial charge in [-0.3, -0.25) is 14.9 Å². The summed E-state index contributed by atoms with van der Waals surface area (Å²) in [5, 5.41) is 20.3. The van der Waals surface area contributed by atoms with Gasteiger partial charge in [0.1, 0.15) is 10.9 Å². The number of aliphatic carboxylic acids is 1. The lowest BCUT2D eigenvalue weighted by atomic mass is 10.2. The number of carbonyl (C=O) groups is 1. The molecule has 0 unspecified atom stereocenters. The van der Waals surface area contributed by atoms with E-state index in [0.29, 0.717) is 16.4 Å². The zero-order chi connectivity index (χ0) is 17.4. The predicted octanol–water partition coefficient (Wildman–Crippen LogP) is 3.58. The number of nitro benzene ring substituents is 1. The molecule has 0 saturated heterocycles. The fourth-order valence-electron chi connectivity index (χ4n) is 1.85. The topological polar surface area (TPSA) is 92.5 Å². The minimum Gasteiger partial charge on any atom is -0.480 e. The lowest BCUT2D eigenvalue weighted by molar-refractivity contribution is -0.387. The van der Waals surface area contributed by atoms with E-state index in [1.165, 1.54) is 17.8 Å². The van der Waals surface area contributed by atoms with E-state index in [4.69, 9.17) is 0 Å². The standard InChI is InChI=1S/C16H16N2O4S2/c19-16(20)13(11-23-10-12-6-2-1-3-7-12)17-24-15-9-5-4-8-14(15)18(21)22/h1-9,13,17H,10-11H2,(H,19,20)/t13-/m0/s1. The maximum atomic E-state index is 11.4. The van der Waals surface area contributed by atoms with Crippen LogP contribution in [0.2, 0.25) is 0 Å². The van der Waals surface area contributed by atoms with Gasteiger partial charge in [0.05, 0.1) is 4.92 Å². The first-order chi connectivity index (χ1) is 11.6. The summed E-state index contributed by atoms with van der Waals surface area (Å²) in [7, 11) is 0. The van der Waals surface area contributed by atoms with E-state index in [0.717, 1.165) is 17.5 Å². The van der Waals surface area contributed by atoms with Crippen LogP contribution in [0.3, 0.4) is 0 Å². The van der Waals surface area contributed by atoms with Crippen molar-refractivity contribution < 1.29 is 14.8 Å². The summed E-state index contributed by atoms with van der Waals surface area (Å²) in [6.45, 7) is 0. The van der Waals surface area contributed by atoms with Crippen LogP contribution in [0.15, 0.2) is 59.5 Å². The molecule has 0 aliphatic heterocycles. The minimum absolute atomic E-state index is 0.0453. The highest BCUT2D eigenvalue weighted by Gasteiger charge is 2.20. The summed E-state index contributed by atoms with van der Waals surface area (Å²) in [5.41, 5.74) is 1.08. The third-order valence-corrected chi connectivity index (χ3v) is 5.14. The van der Waals surface area contributed by atoms with Gasteiger partial charge in [0.25, 0.3) is 5.69 Å². The van der Waals surface area contributed by atoms with Gasteiger partial charge < -0.3 is 5.11 Å². The molecule has 2 aromatic carbocycles. The number of para-hydroxylation sites is 1. The maximum absolute atomic E-state index is 11.4. The molecule has 2 N–H and O–H groups in total. The third-order valence-electron chi connectivity index (χ3n) is 3.07. The maximum Gasteiger partial charge on any atom is 0.322 e. The number of carboxylic acids is 1. The Hall–Kier alpha value is -2.03. The first-order valence-corrected chi connectivity index (χ1v) is 9.05. The molecular weight excluding hydrogens is 348 g/mol. The van der Waals surface area contributed by atoms with Crippen LogP contribution in [0, 0.1) is 10.1 Å².